The second kappa shape index (κ2) is 11.9. The molecule has 2 rings (SSSR count). The summed E-state index contributed by atoms with van der Waals surface area (Å²) >= 11 is 0. The third-order valence-electron chi connectivity index (χ3n) is 3.73. The molecule has 1 aliphatic heterocycles. The van der Waals surface area contributed by atoms with E-state index in [0.29, 0.717) is 0 Å². The normalized spacial score (nSPS) is 13.8. The molecule has 0 aliphatic carbocycles. The molecule has 136 valence electrons. The summed E-state index contributed by atoms with van der Waals surface area (Å²) < 4.78 is 0. The average molecular weight is 377 g/mol. The standard InChI is InChI=1S/C16H24N4O2.2ClH/c17-11-15(21)18-12-16(22)19-13-6-5-7-14(10-13)20-8-3-1-2-4-9-20;;/h5-7,10H,1-4,8-9,11-12,17H2,(H,18,21)(H,19,22);2*1H. The summed E-state index contributed by atoms with van der Waals surface area (Å²) in [6.45, 7) is 1.94. The molecule has 1 aromatic carbocycles. The first-order chi connectivity index (χ1) is 10.7. The van der Waals surface area contributed by atoms with E-state index in [2.05, 4.69) is 21.6 Å². The summed E-state index contributed by atoms with van der Waals surface area (Å²) in [5, 5.41) is 5.25. The Morgan fingerprint density at radius 1 is 1.04 bits per heavy atom. The fourth-order valence-electron chi connectivity index (χ4n) is 2.57. The van der Waals surface area contributed by atoms with Crippen molar-refractivity contribution in [3.8, 4) is 0 Å². The minimum atomic E-state index is -0.339. The Bertz CT molecular complexity index is 521. The summed E-state index contributed by atoms with van der Waals surface area (Å²) in [7, 11) is 0. The van der Waals surface area contributed by atoms with Gasteiger partial charge in [-0.2, -0.15) is 0 Å². The van der Waals surface area contributed by atoms with Crippen LogP contribution in [0.5, 0.6) is 0 Å². The van der Waals surface area contributed by atoms with Crippen molar-refractivity contribution in [3.05, 3.63) is 24.3 Å². The predicted molar refractivity (Wildman–Crippen MR) is 102 cm³/mol. The van der Waals surface area contributed by atoms with Gasteiger partial charge in [-0.1, -0.05) is 18.9 Å². The smallest absolute Gasteiger partial charge is 0.243 e. The number of nitrogens with zero attached hydrogens (tertiary/aromatic N) is 1. The number of rotatable bonds is 5. The molecule has 0 spiro atoms. The molecule has 8 heteroatoms. The highest BCUT2D eigenvalue weighted by atomic mass is 35.5. The minimum absolute atomic E-state index is 0. The average Bonchev–Trinajstić information content (AvgIpc) is 2.82. The lowest BCUT2D eigenvalue weighted by Crippen LogP contribution is -2.36. The molecule has 0 bridgehead atoms. The van der Waals surface area contributed by atoms with E-state index in [4.69, 9.17) is 5.73 Å². The number of carbonyl (C=O) groups is 2. The van der Waals surface area contributed by atoms with Gasteiger partial charge in [0.2, 0.25) is 11.8 Å². The topological polar surface area (TPSA) is 87.5 Å². The summed E-state index contributed by atoms with van der Waals surface area (Å²) in [6, 6.07) is 7.84. The number of benzene rings is 1. The first kappa shape index (κ1) is 22.5. The van der Waals surface area contributed by atoms with E-state index in [1.54, 1.807) is 0 Å². The molecule has 4 N–H and O–H groups in total. The van der Waals surface area contributed by atoms with E-state index in [1.807, 2.05) is 18.2 Å². The Balaban J connectivity index is 0.00000264. The molecule has 0 unspecified atom stereocenters. The summed E-state index contributed by atoms with van der Waals surface area (Å²) in [4.78, 5) is 25.2. The van der Waals surface area contributed by atoms with Gasteiger partial charge in [-0.15, -0.1) is 24.8 Å². The fourth-order valence-corrected chi connectivity index (χ4v) is 2.57. The van der Waals surface area contributed by atoms with Crippen molar-refractivity contribution in [2.24, 2.45) is 5.73 Å². The van der Waals surface area contributed by atoms with Crippen molar-refractivity contribution in [2.75, 3.05) is 36.4 Å². The second-order valence-electron chi connectivity index (χ2n) is 5.48. The Hall–Kier alpha value is -1.50. The van der Waals surface area contributed by atoms with E-state index in [1.165, 1.54) is 25.7 Å². The monoisotopic (exact) mass is 376 g/mol. The Morgan fingerprint density at radius 3 is 2.33 bits per heavy atom. The van der Waals surface area contributed by atoms with Gasteiger partial charge >= 0.3 is 0 Å². The number of hydrogen-bond donors (Lipinski definition) is 3. The van der Waals surface area contributed by atoms with Gasteiger partial charge in [0, 0.05) is 24.5 Å². The zero-order chi connectivity index (χ0) is 15.8. The molecule has 0 radical (unpaired) electrons. The molecule has 1 fully saturated rings. The third kappa shape index (κ3) is 7.38. The number of halogens is 2. The highest BCUT2D eigenvalue weighted by Crippen LogP contribution is 2.22. The number of hydrogen-bond acceptors (Lipinski definition) is 4. The quantitative estimate of drug-likeness (QED) is 0.732. The summed E-state index contributed by atoms with van der Waals surface area (Å²) in [5.41, 5.74) is 7.05. The Labute approximate surface area is 155 Å². The maximum atomic E-state index is 11.8. The lowest BCUT2D eigenvalue weighted by molar-refractivity contribution is -0.123. The van der Waals surface area contributed by atoms with Crippen molar-refractivity contribution in [2.45, 2.75) is 25.7 Å². The molecule has 0 aromatic heterocycles. The van der Waals surface area contributed by atoms with Crippen LogP contribution in [0.3, 0.4) is 0 Å². The molecule has 1 aliphatic rings. The van der Waals surface area contributed by atoms with E-state index < -0.39 is 0 Å². The predicted octanol–water partition coefficient (Wildman–Crippen LogP) is 1.92. The number of nitrogens with one attached hydrogen (secondary N) is 2. The molecule has 24 heavy (non-hydrogen) atoms. The van der Waals surface area contributed by atoms with Gasteiger partial charge in [0.05, 0.1) is 13.1 Å². The molecule has 6 nitrogen and oxygen atoms in total. The maximum absolute atomic E-state index is 11.8. The minimum Gasteiger partial charge on any atom is -0.371 e. The Kier molecular flexibility index (Phi) is 11.2. The first-order valence-electron chi connectivity index (χ1n) is 7.80. The Morgan fingerprint density at radius 2 is 1.71 bits per heavy atom. The summed E-state index contributed by atoms with van der Waals surface area (Å²) in [5.74, 6) is -0.594. The van der Waals surface area contributed by atoms with Crippen LogP contribution >= 0.6 is 24.8 Å². The number of nitrogens with two attached hydrogens (primary N) is 1. The largest absolute Gasteiger partial charge is 0.371 e. The second-order valence-corrected chi connectivity index (χ2v) is 5.48. The van der Waals surface area contributed by atoms with Gasteiger partial charge in [-0.25, -0.2) is 0 Å². The van der Waals surface area contributed by atoms with Crippen LogP contribution < -0.4 is 21.3 Å². The fraction of sp³-hybridized carbons (Fsp3) is 0.500. The zero-order valence-corrected chi connectivity index (χ0v) is 15.3. The van der Waals surface area contributed by atoms with Gasteiger partial charge in [0.25, 0.3) is 0 Å². The molecular formula is C16H26Cl2N4O2. The van der Waals surface area contributed by atoms with Crippen LogP contribution in [0, 0.1) is 0 Å². The van der Waals surface area contributed by atoms with Crippen molar-refractivity contribution in [1.29, 1.82) is 0 Å². The van der Waals surface area contributed by atoms with Crippen molar-refractivity contribution in [3.63, 3.8) is 0 Å². The van der Waals surface area contributed by atoms with E-state index >= 15 is 0 Å². The van der Waals surface area contributed by atoms with Crippen molar-refractivity contribution >= 4 is 48.0 Å². The van der Waals surface area contributed by atoms with Crippen LogP contribution in [0.1, 0.15) is 25.7 Å². The van der Waals surface area contributed by atoms with Crippen LogP contribution in [0.4, 0.5) is 11.4 Å². The van der Waals surface area contributed by atoms with Gasteiger partial charge in [-0.05, 0) is 31.0 Å². The molecular weight excluding hydrogens is 351 g/mol. The van der Waals surface area contributed by atoms with Gasteiger partial charge in [0.15, 0.2) is 0 Å². The summed E-state index contributed by atoms with van der Waals surface area (Å²) in [6.07, 6.45) is 4.99. The van der Waals surface area contributed by atoms with Crippen LogP contribution in [0.15, 0.2) is 24.3 Å². The zero-order valence-electron chi connectivity index (χ0n) is 13.6. The van der Waals surface area contributed by atoms with Gasteiger partial charge < -0.3 is 21.3 Å². The lowest BCUT2D eigenvalue weighted by Gasteiger charge is -2.23. The van der Waals surface area contributed by atoms with Crippen molar-refractivity contribution < 1.29 is 9.59 Å². The van der Waals surface area contributed by atoms with E-state index in [9.17, 15) is 9.59 Å². The lowest BCUT2D eigenvalue weighted by atomic mass is 10.2. The van der Waals surface area contributed by atoms with Crippen molar-refractivity contribution in [1.82, 2.24) is 5.32 Å². The molecule has 0 saturated carbocycles. The highest BCUT2D eigenvalue weighted by molar-refractivity contribution is 5.95. The van der Waals surface area contributed by atoms with Crippen LogP contribution in [0.25, 0.3) is 0 Å². The van der Waals surface area contributed by atoms with E-state index in [0.717, 1.165) is 24.5 Å². The number of amides is 2. The third-order valence-corrected chi connectivity index (χ3v) is 3.73. The molecule has 0 atom stereocenters. The first-order valence-corrected chi connectivity index (χ1v) is 7.80. The molecule has 1 saturated heterocycles. The van der Waals surface area contributed by atoms with Gasteiger partial charge in [-0.3, -0.25) is 9.59 Å². The van der Waals surface area contributed by atoms with E-state index in [-0.39, 0.29) is 49.7 Å². The van der Waals surface area contributed by atoms with Crippen LogP contribution in [-0.4, -0.2) is 38.0 Å². The van der Waals surface area contributed by atoms with Gasteiger partial charge in [0.1, 0.15) is 0 Å². The maximum Gasteiger partial charge on any atom is 0.243 e. The molecule has 1 heterocycles. The number of carbonyl (C=O) groups excluding carboxylic acids is 2. The highest BCUT2D eigenvalue weighted by Gasteiger charge is 2.11. The molecule has 2 amide bonds. The van der Waals surface area contributed by atoms with Crippen LogP contribution in [-0.2, 0) is 9.59 Å². The number of anilines is 2. The van der Waals surface area contributed by atoms with Crippen LogP contribution in [0.2, 0.25) is 0 Å². The molecule has 1 aromatic rings. The SMILES string of the molecule is Cl.Cl.NCC(=O)NCC(=O)Nc1cccc(N2CCCCCC2)c1.